The highest BCUT2D eigenvalue weighted by Crippen LogP contribution is 2.21. The van der Waals surface area contributed by atoms with Crippen LogP contribution in [0.15, 0.2) is 66.7 Å². The van der Waals surface area contributed by atoms with Crippen LogP contribution in [-0.4, -0.2) is 32.5 Å². The van der Waals surface area contributed by atoms with Crippen LogP contribution < -0.4 is 4.74 Å². The molecule has 0 fully saturated rings. The summed E-state index contributed by atoms with van der Waals surface area (Å²) in [5.74, 6) is 1.26. The quantitative estimate of drug-likeness (QED) is 0.562. The fraction of sp³-hybridized carbons (Fsp3) is 0.190. The zero-order valence-corrected chi connectivity index (χ0v) is 14.2. The molecule has 0 bridgehead atoms. The second kappa shape index (κ2) is 7.15. The first-order valence-electron chi connectivity index (χ1n) is 8.59. The topological polar surface area (TPSA) is 67.5 Å². The van der Waals surface area contributed by atoms with Crippen LogP contribution in [0.25, 0.3) is 21.8 Å². The first kappa shape index (κ1) is 16.6. The number of aliphatic hydroxyl groups is 2. The van der Waals surface area contributed by atoms with Gasteiger partial charge in [0.15, 0.2) is 0 Å². The van der Waals surface area contributed by atoms with Gasteiger partial charge in [0.25, 0.3) is 0 Å². The van der Waals surface area contributed by atoms with Gasteiger partial charge < -0.3 is 19.5 Å². The molecule has 26 heavy (non-hydrogen) atoms. The molecule has 0 saturated carbocycles. The van der Waals surface area contributed by atoms with Crippen LogP contribution in [0.3, 0.4) is 0 Å². The number of hydrogen-bond donors (Lipinski definition) is 2. The average molecular weight is 348 g/mol. The normalized spacial score (nSPS) is 12.5. The van der Waals surface area contributed by atoms with Crippen LogP contribution in [0.2, 0.25) is 0 Å². The van der Waals surface area contributed by atoms with Gasteiger partial charge in [-0.05, 0) is 35.0 Å². The van der Waals surface area contributed by atoms with E-state index in [2.05, 4.69) is 11.1 Å². The number of para-hydroxylation sites is 2. The molecule has 0 aliphatic carbocycles. The smallest absolute Gasteiger partial charge is 0.135 e. The van der Waals surface area contributed by atoms with Crippen LogP contribution in [0.1, 0.15) is 5.82 Å². The molecule has 4 rings (SSSR count). The van der Waals surface area contributed by atoms with E-state index in [0.717, 1.165) is 27.6 Å². The van der Waals surface area contributed by atoms with Gasteiger partial charge in [-0.2, -0.15) is 0 Å². The van der Waals surface area contributed by atoms with E-state index < -0.39 is 6.10 Å². The molecule has 3 aromatic carbocycles. The summed E-state index contributed by atoms with van der Waals surface area (Å²) in [6, 6.07) is 21.6. The zero-order chi connectivity index (χ0) is 17.9. The van der Waals surface area contributed by atoms with Crippen molar-refractivity contribution in [1.29, 1.82) is 0 Å². The fourth-order valence-corrected chi connectivity index (χ4v) is 3.16. The first-order chi connectivity index (χ1) is 12.7. The van der Waals surface area contributed by atoms with Crippen LogP contribution in [-0.2, 0) is 13.2 Å². The Balaban J connectivity index is 1.47. The number of rotatable bonds is 6. The van der Waals surface area contributed by atoms with E-state index in [0.29, 0.717) is 12.4 Å². The van der Waals surface area contributed by atoms with E-state index in [-0.39, 0.29) is 13.2 Å². The van der Waals surface area contributed by atoms with Crippen molar-refractivity contribution < 1.29 is 14.9 Å². The predicted molar refractivity (Wildman–Crippen MR) is 101 cm³/mol. The monoisotopic (exact) mass is 348 g/mol. The molecule has 1 atom stereocenters. The van der Waals surface area contributed by atoms with Gasteiger partial charge in [0.1, 0.15) is 30.9 Å². The molecule has 0 aliphatic rings. The van der Waals surface area contributed by atoms with Crippen LogP contribution in [0.5, 0.6) is 5.75 Å². The van der Waals surface area contributed by atoms with Crippen LogP contribution in [0.4, 0.5) is 0 Å². The highest BCUT2D eigenvalue weighted by atomic mass is 16.5. The molecular weight excluding hydrogens is 328 g/mol. The lowest BCUT2D eigenvalue weighted by Gasteiger charge is -2.15. The first-order valence-corrected chi connectivity index (χ1v) is 8.59. The van der Waals surface area contributed by atoms with Gasteiger partial charge in [-0.25, -0.2) is 4.98 Å². The van der Waals surface area contributed by atoms with Gasteiger partial charge in [0.2, 0.25) is 0 Å². The highest BCUT2D eigenvalue weighted by molar-refractivity contribution is 5.83. The molecule has 132 valence electrons. The Kier molecular flexibility index (Phi) is 4.56. The van der Waals surface area contributed by atoms with E-state index >= 15 is 0 Å². The Bertz CT molecular complexity index is 1040. The summed E-state index contributed by atoms with van der Waals surface area (Å²) in [7, 11) is 0. The summed E-state index contributed by atoms with van der Waals surface area (Å²) in [4.78, 5) is 4.40. The number of nitrogens with zero attached hydrogens (tertiary/aromatic N) is 2. The van der Waals surface area contributed by atoms with Gasteiger partial charge in [-0.15, -0.1) is 0 Å². The third-order valence-electron chi connectivity index (χ3n) is 4.43. The van der Waals surface area contributed by atoms with Gasteiger partial charge in [0.05, 0.1) is 17.6 Å². The van der Waals surface area contributed by atoms with Crippen molar-refractivity contribution in [3.8, 4) is 5.75 Å². The molecule has 0 amide bonds. The van der Waals surface area contributed by atoms with Gasteiger partial charge in [-0.3, -0.25) is 0 Å². The molecular formula is C21H20N2O3. The SMILES string of the molecule is OCc1nc2ccccc2n1C[C@@H](O)COc1ccc2ccccc2c1. The van der Waals surface area contributed by atoms with E-state index in [9.17, 15) is 10.2 Å². The van der Waals surface area contributed by atoms with E-state index in [4.69, 9.17) is 4.74 Å². The Labute approximate surface area is 151 Å². The fourth-order valence-electron chi connectivity index (χ4n) is 3.16. The summed E-state index contributed by atoms with van der Waals surface area (Å²) in [6.45, 7) is 0.298. The molecule has 0 aliphatic heterocycles. The third-order valence-corrected chi connectivity index (χ3v) is 4.43. The van der Waals surface area contributed by atoms with Crippen molar-refractivity contribution >= 4 is 21.8 Å². The number of benzene rings is 3. The zero-order valence-electron chi connectivity index (χ0n) is 14.2. The molecule has 1 aromatic heterocycles. The third kappa shape index (κ3) is 3.27. The standard InChI is InChI=1S/C21H20N2O3/c24-13-21-22-19-7-3-4-8-20(19)23(21)12-17(25)14-26-18-10-9-15-5-1-2-6-16(15)11-18/h1-11,17,24-25H,12-14H2/t17-/m1/s1. The van der Waals surface area contributed by atoms with Crippen molar-refractivity contribution in [3.63, 3.8) is 0 Å². The number of aliphatic hydroxyl groups excluding tert-OH is 2. The molecule has 0 spiro atoms. The number of hydrogen-bond acceptors (Lipinski definition) is 4. The van der Waals surface area contributed by atoms with Crippen molar-refractivity contribution in [2.75, 3.05) is 6.61 Å². The maximum Gasteiger partial charge on any atom is 0.135 e. The summed E-state index contributed by atoms with van der Waals surface area (Å²) in [6.07, 6.45) is -0.718. The Morgan fingerprint density at radius 2 is 1.73 bits per heavy atom. The van der Waals surface area contributed by atoms with Crippen molar-refractivity contribution in [2.24, 2.45) is 0 Å². The lowest BCUT2D eigenvalue weighted by molar-refractivity contribution is 0.0915. The number of ether oxygens (including phenoxy) is 1. The lowest BCUT2D eigenvalue weighted by atomic mass is 10.1. The molecule has 4 aromatic rings. The lowest BCUT2D eigenvalue weighted by Crippen LogP contribution is -2.24. The minimum Gasteiger partial charge on any atom is -0.491 e. The van der Waals surface area contributed by atoms with Gasteiger partial charge >= 0.3 is 0 Å². The maximum absolute atomic E-state index is 10.4. The summed E-state index contributed by atoms with van der Waals surface area (Å²) in [5, 5.41) is 22.2. The summed E-state index contributed by atoms with van der Waals surface area (Å²) < 4.78 is 7.60. The van der Waals surface area contributed by atoms with Crippen molar-refractivity contribution in [2.45, 2.75) is 19.3 Å². The number of fused-ring (bicyclic) bond motifs is 2. The Hall–Kier alpha value is -2.89. The Morgan fingerprint density at radius 1 is 0.962 bits per heavy atom. The molecule has 0 radical (unpaired) electrons. The Morgan fingerprint density at radius 3 is 2.58 bits per heavy atom. The van der Waals surface area contributed by atoms with E-state index in [1.165, 1.54) is 0 Å². The second-order valence-corrected chi connectivity index (χ2v) is 6.26. The van der Waals surface area contributed by atoms with Gasteiger partial charge in [0, 0.05) is 0 Å². The van der Waals surface area contributed by atoms with Crippen molar-refractivity contribution in [3.05, 3.63) is 72.6 Å². The average Bonchev–Trinajstić information content (AvgIpc) is 3.04. The second-order valence-electron chi connectivity index (χ2n) is 6.26. The van der Waals surface area contributed by atoms with Crippen molar-refractivity contribution in [1.82, 2.24) is 9.55 Å². The molecule has 5 heteroatoms. The van der Waals surface area contributed by atoms with Crippen LogP contribution in [0, 0.1) is 0 Å². The molecule has 5 nitrogen and oxygen atoms in total. The molecule has 1 heterocycles. The molecule has 0 saturated heterocycles. The van der Waals surface area contributed by atoms with Gasteiger partial charge in [-0.1, -0.05) is 42.5 Å². The highest BCUT2D eigenvalue weighted by Gasteiger charge is 2.14. The van der Waals surface area contributed by atoms with E-state index in [1.807, 2.05) is 65.2 Å². The largest absolute Gasteiger partial charge is 0.491 e. The van der Waals surface area contributed by atoms with Crippen LogP contribution >= 0.6 is 0 Å². The number of imidazole rings is 1. The molecule has 2 N–H and O–H groups in total. The predicted octanol–water partition coefficient (Wildman–Crippen LogP) is 3.12. The molecule has 0 unspecified atom stereocenters. The number of aromatic nitrogens is 2. The van der Waals surface area contributed by atoms with E-state index in [1.54, 1.807) is 0 Å². The summed E-state index contributed by atoms with van der Waals surface area (Å²) in [5.41, 5.74) is 1.69. The minimum absolute atomic E-state index is 0.162. The minimum atomic E-state index is -0.718. The maximum atomic E-state index is 10.4. The summed E-state index contributed by atoms with van der Waals surface area (Å²) >= 11 is 0.